The molecule has 2 aromatic heterocycles. The van der Waals surface area contributed by atoms with E-state index in [1.54, 1.807) is 31.4 Å². The van der Waals surface area contributed by atoms with Gasteiger partial charge < -0.3 is 18.8 Å². The number of ether oxygens (including phenoxy) is 2. The molecule has 2 aliphatic heterocycles. The standard InChI is InChI=1S/C31H22N2O5/c1-17-7-9-24-22(11-17)29-20(15-36-24)12-19(14-32-29)28-21-5-3-4-6-25(21)38-31(28)30(35)18-8-10-26-23(13-18)33(2)27(34)16-37-26/h3-14H,15-16H2,1-2H3. The van der Waals surface area contributed by atoms with Crippen molar-refractivity contribution < 1.29 is 23.5 Å². The number of likely N-dealkylation sites (N-methyl/N-ethyl adjacent to an activating group) is 1. The number of benzene rings is 3. The van der Waals surface area contributed by atoms with E-state index in [-0.39, 0.29) is 24.1 Å². The number of carbonyl (C=O) groups excluding carboxylic acids is 2. The number of para-hydroxylation sites is 1. The number of furan rings is 1. The Bertz CT molecular complexity index is 1800. The zero-order valence-corrected chi connectivity index (χ0v) is 20.8. The van der Waals surface area contributed by atoms with E-state index in [0.29, 0.717) is 34.8 Å². The summed E-state index contributed by atoms with van der Waals surface area (Å²) < 4.78 is 17.7. The molecule has 3 aromatic carbocycles. The second-order valence-corrected chi connectivity index (χ2v) is 9.58. The lowest BCUT2D eigenvalue weighted by molar-refractivity contribution is -0.120. The number of anilines is 1. The van der Waals surface area contributed by atoms with Crippen molar-refractivity contribution in [1.29, 1.82) is 0 Å². The van der Waals surface area contributed by atoms with Gasteiger partial charge in [-0.1, -0.05) is 29.8 Å². The first-order valence-electron chi connectivity index (χ1n) is 12.3. The highest BCUT2D eigenvalue weighted by Crippen LogP contribution is 2.41. The molecule has 0 radical (unpaired) electrons. The van der Waals surface area contributed by atoms with Gasteiger partial charge in [0.05, 0.1) is 11.4 Å². The zero-order valence-electron chi connectivity index (χ0n) is 20.8. The molecule has 0 fully saturated rings. The van der Waals surface area contributed by atoms with Gasteiger partial charge in [-0.05, 0) is 49.4 Å². The van der Waals surface area contributed by atoms with Gasteiger partial charge in [-0.3, -0.25) is 14.6 Å². The van der Waals surface area contributed by atoms with Crippen LogP contribution in [-0.2, 0) is 11.4 Å². The highest BCUT2D eigenvalue weighted by molar-refractivity contribution is 6.16. The number of hydrogen-bond acceptors (Lipinski definition) is 6. The minimum absolute atomic E-state index is 0.0242. The molecular formula is C31H22N2O5. The molecule has 0 N–H and O–H groups in total. The lowest BCUT2D eigenvalue weighted by Crippen LogP contribution is -2.35. The Labute approximate surface area is 218 Å². The molecule has 2 aliphatic rings. The maximum atomic E-state index is 13.9. The number of aromatic nitrogens is 1. The molecule has 7 heteroatoms. The predicted octanol–water partition coefficient (Wildman–Crippen LogP) is 5.95. The summed E-state index contributed by atoms with van der Waals surface area (Å²) in [4.78, 5) is 32.4. The molecule has 7 rings (SSSR count). The van der Waals surface area contributed by atoms with Crippen LogP contribution in [0, 0.1) is 6.92 Å². The first-order chi connectivity index (χ1) is 18.5. The molecule has 0 aliphatic carbocycles. The number of fused-ring (bicyclic) bond motifs is 5. The number of hydrogen-bond donors (Lipinski definition) is 0. The van der Waals surface area contributed by atoms with Crippen LogP contribution < -0.4 is 14.4 Å². The fourth-order valence-corrected chi connectivity index (χ4v) is 5.15. The second-order valence-electron chi connectivity index (χ2n) is 9.58. The Morgan fingerprint density at radius 3 is 2.66 bits per heavy atom. The lowest BCUT2D eigenvalue weighted by atomic mass is 9.95. The van der Waals surface area contributed by atoms with Crippen LogP contribution >= 0.6 is 0 Å². The molecule has 0 saturated carbocycles. The molecule has 4 heterocycles. The molecule has 7 nitrogen and oxygen atoms in total. The van der Waals surface area contributed by atoms with Crippen LogP contribution in [0.5, 0.6) is 11.5 Å². The van der Waals surface area contributed by atoms with Crippen molar-refractivity contribution in [2.24, 2.45) is 0 Å². The van der Waals surface area contributed by atoms with Crippen LogP contribution in [0.15, 0.2) is 77.3 Å². The third kappa shape index (κ3) is 3.39. The quantitative estimate of drug-likeness (QED) is 0.284. The van der Waals surface area contributed by atoms with Gasteiger partial charge in [0.25, 0.3) is 5.91 Å². The summed E-state index contributed by atoms with van der Waals surface area (Å²) in [5, 5.41) is 0.819. The Morgan fingerprint density at radius 2 is 1.76 bits per heavy atom. The summed E-state index contributed by atoms with van der Waals surface area (Å²) in [6.07, 6.45) is 1.79. The summed E-state index contributed by atoms with van der Waals surface area (Å²) in [5.74, 6) is 1.12. The van der Waals surface area contributed by atoms with Crippen LogP contribution in [0.3, 0.4) is 0 Å². The van der Waals surface area contributed by atoms with E-state index in [2.05, 4.69) is 6.07 Å². The number of ketones is 1. The zero-order chi connectivity index (χ0) is 26.0. The van der Waals surface area contributed by atoms with Gasteiger partial charge in [0, 0.05) is 46.4 Å². The van der Waals surface area contributed by atoms with E-state index < -0.39 is 0 Å². The monoisotopic (exact) mass is 502 g/mol. The Balaban J connectivity index is 1.37. The van der Waals surface area contributed by atoms with E-state index in [1.165, 1.54) is 4.90 Å². The molecule has 0 unspecified atom stereocenters. The largest absolute Gasteiger partial charge is 0.488 e. The van der Waals surface area contributed by atoms with Crippen molar-refractivity contribution in [2.45, 2.75) is 13.5 Å². The minimum Gasteiger partial charge on any atom is -0.488 e. The first-order valence-corrected chi connectivity index (χ1v) is 12.3. The average molecular weight is 503 g/mol. The third-order valence-electron chi connectivity index (χ3n) is 7.14. The summed E-state index contributed by atoms with van der Waals surface area (Å²) in [6.45, 7) is 2.40. The van der Waals surface area contributed by atoms with Gasteiger partial charge >= 0.3 is 0 Å². The number of rotatable bonds is 3. The summed E-state index contributed by atoms with van der Waals surface area (Å²) >= 11 is 0. The van der Waals surface area contributed by atoms with Gasteiger partial charge in [0.15, 0.2) is 12.4 Å². The van der Waals surface area contributed by atoms with Gasteiger partial charge in [-0.2, -0.15) is 0 Å². The van der Waals surface area contributed by atoms with Crippen molar-refractivity contribution >= 4 is 28.3 Å². The molecule has 0 bridgehead atoms. The maximum Gasteiger partial charge on any atom is 0.264 e. The minimum atomic E-state index is -0.291. The Kier molecular flexibility index (Phi) is 4.88. The molecule has 186 valence electrons. The van der Waals surface area contributed by atoms with Crippen molar-refractivity contribution in [3.63, 3.8) is 0 Å². The van der Waals surface area contributed by atoms with Crippen molar-refractivity contribution in [3.05, 3.63) is 95.4 Å². The van der Waals surface area contributed by atoms with E-state index in [9.17, 15) is 9.59 Å². The Hall–Kier alpha value is -4.91. The Morgan fingerprint density at radius 1 is 0.947 bits per heavy atom. The molecule has 0 spiro atoms. The lowest BCUT2D eigenvalue weighted by Gasteiger charge is -2.26. The molecule has 0 saturated heterocycles. The number of nitrogens with zero attached hydrogens (tertiary/aromatic N) is 2. The normalized spacial score (nSPS) is 13.8. The fraction of sp³-hybridized carbons (Fsp3) is 0.129. The third-order valence-corrected chi connectivity index (χ3v) is 7.14. The van der Waals surface area contributed by atoms with Crippen molar-refractivity contribution in [3.8, 4) is 33.9 Å². The van der Waals surface area contributed by atoms with Gasteiger partial charge in [-0.15, -0.1) is 0 Å². The summed E-state index contributed by atoms with van der Waals surface area (Å²) in [7, 11) is 1.67. The molecule has 1 amide bonds. The van der Waals surface area contributed by atoms with E-state index in [0.717, 1.165) is 39.1 Å². The van der Waals surface area contributed by atoms with Crippen molar-refractivity contribution in [2.75, 3.05) is 18.6 Å². The maximum absolute atomic E-state index is 13.9. The highest BCUT2D eigenvalue weighted by Gasteiger charge is 2.28. The SMILES string of the molecule is Cc1ccc2c(c1)-c1ncc(-c3c(C(=O)c4ccc5c(c4)N(C)C(=O)CO5)oc4ccccc34)cc1CO2. The summed E-state index contributed by atoms with van der Waals surface area (Å²) in [6, 6.07) is 20.7. The molecule has 38 heavy (non-hydrogen) atoms. The fourth-order valence-electron chi connectivity index (χ4n) is 5.15. The predicted molar refractivity (Wildman–Crippen MR) is 143 cm³/mol. The smallest absolute Gasteiger partial charge is 0.264 e. The number of amides is 1. The average Bonchev–Trinajstić information content (AvgIpc) is 3.34. The number of pyridine rings is 1. The van der Waals surface area contributed by atoms with Crippen molar-refractivity contribution in [1.82, 2.24) is 4.98 Å². The van der Waals surface area contributed by atoms with Crippen LogP contribution in [0.4, 0.5) is 5.69 Å². The second kappa shape index (κ2) is 8.31. The molecule has 0 atom stereocenters. The number of aryl methyl sites for hydroxylation is 1. The van der Waals surface area contributed by atoms with Crippen LogP contribution in [0.25, 0.3) is 33.4 Å². The van der Waals surface area contributed by atoms with E-state index >= 15 is 0 Å². The van der Waals surface area contributed by atoms with Gasteiger partial charge in [-0.25, -0.2) is 0 Å². The molecule has 5 aromatic rings. The van der Waals surface area contributed by atoms with Gasteiger partial charge in [0.2, 0.25) is 5.78 Å². The van der Waals surface area contributed by atoms with Gasteiger partial charge in [0.1, 0.15) is 23.7 Å². The van der Waals surface area contributed by atoms with E-state index in [4.69, 9.17) is 18.9 Å². The van der Waals surface area contributed by atoms with Crippen LogP contribution in [0.2, 0.25) is 0 Å². The molecular weight excluding hydrogens is 480 g/mol. The first kappa shape index (κ1) is 22.3. The topological polar surface area (TPSA) is 81.9 Å². The van der Waals surface area contributed by atoms with E-state index in [1.807, 2.05) is 49.4 Å². The summed E-state index contributed by atoms with van der Waals surface area (Å²) in [5.41, 5.74) is 6.90. The number of carbonyl (C=O) groups is 2. The van der Waals surface area contributed by atoms with Crippen LogP contribution in [0.1, 0.15) is 27.2 Å². The highest BCUT2D eigenvalue weighted by atomic mass is 16.5. The van der Waals surface area contributed by atoms with Crippen LogP contribution in [-0.4, -0.2) is 30.3 Å².